The van der Waals surface area contributed by atoms with E-state index in [0.717, 1.165) is 25.9 Å². The highest BCUT2D eigenvalue weighted by Crippen LogP contribution is 1.87. The first-order valence-corrected chi connectivity index (χ1v) is 5.18. The number of nitrogens with zero attached hydrogens (tertiary/aromatic N) is 1. The molecule has 0 aliphatic heterocycles. The first kappa shape index (κ1) is 13.4. The van der Waals surface area contributed by atoms with Crippen molar-refractivity contribution in [3.8, 4) is 0 Å². The average molecular weight is 202 g/mol. The standard InChI is InChI=1S/C10H22N2O2/c1-4-5-8-14-10(13)9-11-6-7-12(2)3/h11H,4-9H2,1-3H3. The molecular formula is C10H22N2O2. The van der Waals surface area contributed by atoms with Crippen molar-refractivity contribution in [2.75, 3.05) is 40.3 Å². The van der Waals surface area contributed by atoms with Crippen LogP contribution in [-0.4, -0.2) is 51.2 Å². The number of nitrogens with one attached hydrogen (secondary N) is 1. The minimum Gasteiger partial charge on any atom is -0.465 e. The van der Waals surface area contributed by atoms with Crippen LogP contribution in [0.4, 0.5) is 0 Å². The van der Waals surface area contributed by atoms with Crippen molar-refractivity contribution < 1.29 is 9.53 Å². The first-order chi connectivity index (χ1) is 6.66. The molecule has 0 unspecified atom stereocenters. The molecule has 4 nitrogen and oxygen atoms in total. The Hall–Kier alpha value is -0.610. The predicted octanol–water partition coefficient (Wildman–Crippen LogP) is 0.481. The summed E-state index contributed by atoms with van der Waals surface area (Å²) < 4.78 is 4.97. The predicted molar refractivity (Wildman–Crippen MR) is 57.3 cm³/mol. The Bertz CT molecular complexity index is 149. The van der Waals surface area contributed by atoms with Crippen molar-refractivity contribution in [3.05, 3.63) is 0 Å². The van der Waals surface area contributed by atoms with Crippen LogP contribution in [0.2, 0.25) is 0 Å². The van der Waals surface area contributed by atoms with Crippen LogP contribution in [-0.2, 0) is 9.53 Å². The Labute approximate surface area is 86.6 Å². The number of rotatable bonds is 8. The maximum absolute atomic E-state index is 11.1. The van der Waals surface area contributed by atoms with E-state index in [2.05, 4.69) is 17.1 Å². The van der Waals surface area contributed by atoms with Gasteiger partial charge in [0.05, 0.1) is 13.2 Å². The molecule has 0 spiro atoms. The molecule has 0 aromatic carbocycles. The highest BCUT2D eigenvalue weighted by molar-refractivity contribution is 5.71. The first-order valence-electron chi connectivity index (χ1n) is 5.18. The molecule has 0 bridgehead atoms. The second-order valence-corrected chi connectivity index (χ2v) is 3.55. The molecule has 4 heteroatoms. The molecule has 0 atom stereocenters. The van der Waals surface area contributed by atoms with Crippen LogP contribution >= 0.6 is 0 Å². The minimum atomic E-state index is -0.155. The van der Waals surface area contributed by atoms with Gasteiger partial charge in [0.1, 0.15) is 0 Å². The Morgan fingerprint density at radius 1 is 1.43 bits per heavy atom. The number of ether oxygens (including phenoxy) is 1. The molecule has 84 valence electrons. The molecule has 0 saturated carbocycles. The van der Waals surface area contributed by atoms with E-state index >= 15 is 0 Å². The van der Waals surface area contributed by atoms with Crippen molar-refractivity contribution in [2.45, 2.75) is 19.8 Å². The summed E-state index contributed by atoms with van der Waals surface area (Å²) in [6.45, 7) is 4.68. The SMILES string of the molecule is CCCCOC(=O)CNCCN(C)C. The summed E-state index contributed by atoms with van der Waals surface area (Å²) >= 11 is 0. The number of esters is 1. The van der Waals surface area contributed by atoms with E-state index in [1.54, 1.807) is 0 Å². The fourth-order valence-electron chi connectivity index (χ4n) is 0.874. The molecule has 0 aliphatic carbocycles. The molecule has 0 radical (unpaired) electrons. The molecule has 0 aliphatic rings. The zero-order chi connectivity index (χ0) is 10.8. The fourth-order valence-corrected chi connectivity index (χ4v) is 0.874. The average Bonchev–Trinajstić information content (AvgIpc) is 2.13. The van der Waals surface area contributed by atoms with Gasteiger partial charge in [-0.3, -0.25) is 4.79 Å². The van der Waals surface area contributed by atoms with E-state index < -0.39 is 0 Å². The third kappa shape index (κ3) is 9.48. The number of carbonyl (C=O) groups is 1. The summed E-state index contributed by atoms with van der Waals surface area (Å²) in [5, 5.41) is 3.03. The van der Waals surface area contributed by atoms with Gasteiger partial charge in [0.15, 0.2) is 0 Å². The molecule has 0 saturated heterocycles. The summed E-state index contributed by atoms with van der Waals surface area (Å²) in [6.07, 6.45) is 2.00. The fraction of sp³-hybridized carbons (Fsp3) is 0.900. The van der Waals surface area contributed by atoms with Gasteiger partial charge in [0.25, 0.3) is 0 Å². The second kappa shape index (κ2) is 8.97. The normalized spacial score (nSPS) is 10.6. The lowest BCUT2D eigenvalue weighted by atomic mass is 10.4. The van der Waals surface area contributed by atoms with Crippen molar-refractivity contribution in [1.82, 2.24) is 10.2 Å². The van der Waals surface area contributed by atoms with Crippen LogP contribution in [0.5, 0.6) is 0 Å². The van der Waals surface area contributed by atoms with E-state index in [1.165, 1.54) is 0 Å². The Morgan fingerprint density at radius 2 is 2.14 bits per heavy atom. The molecule has 0 aromatic heterocycles. The number of likely N-dealkylation sites (N-methyl/N-ethyl adjacent to an activating group) is 1. The van der Waals surface area contributed by atoms with Gasteiger partial charge in [0, 0.05) is 13.1 Å². The Morgan fingerprint density at radius 3 is 2.71 bits per heavy atom. The third-order valence-electron chi connectivity index (χ3n) is 1.77. The Kier molecular flexibility index (Phi) is 8.57. The van der Waals surface area contributed by atoms with Crippen LogP contribution in [0.25, 0.3) is 0 Å². The number of hydrogen-bond donors (Lipinski definition) is 1. The lowest BCUT2D eigenvalue weighted by molar-refractivity contribution is -0.142. The highest BCUT2D eigenvalue weighted by atomic mass is 16.5. The van der Waals surface area contributed by atoms with Crippen molar-refractivity contribution in [2.24, 2.45) is 0 Å². The van der Waals surface area contributed by atoms with E-state index in [9.17, 15) is 4.79 Å². The van der Waals surface area contributed by atoms with Gasteiger partial charge in [0.2, 0.25) is 0 Å². The van der Waals surface area contributed by atoms with E-state index in [1.807, 2.05) is 14.1 Å². The summed E-state index contributed by atoms with van der Waals surface area (Å²) in [5.74, 6) is -0.155. The van der Waals surface area contributed by atoms with Gasteiger partial charge in [-0.1, -0.05) is 13.3 Å². The zero-order valence-corrected chi connectivity index (χ0v) is 9.51. The minimum absolute atomic E-state index is 0.155. The van der Waals surface area contributed by atoms with E-state index in [-0.39, 0.29) is 5.97 Å². The monoisotopic (exact) mass is 202 g/mol. The summed E-state index contributed by atoms with van der Waals surface area (Å²) in [7, 11) is 4.00. The largest absolute Gasteiger partial charge is 0.465 e. The molecule has 0 heterocycles. The van der Waals surface area contributed by atoms with Gasteiger partial charge >= 0.3 is 5.97 Å². The number of carbonyl (C=O) groups excluding carboxylic acids is 1. The number of unbranched alkanes of at least 4 members (excludes halogenated alkanes) is 1. The molecule has 1 N–H and O–H groups in total. The number of hydrogen-bond acceptors (Lipinski definition) is 4. The van der Waals surface area contributed by atoms with Crippen LogP contribution in [0, 0.1) is 0 Å². The van der Waals surface area contributed by atoms with Gasteiger partial charge in [-0.2, -0.15) is 0 Å². The van der Waals surface area contributed by atoms with Crippen molar-refractivity contribution in [1.29, 1.82) is 0 Å². The van der Waals surface area contributed by atoms with Crippen LogP contribution in [0.15, 0.2) is 0 Å². The molecule has 0 rings (SSSR count). The smallest absolute Gasteiger partial charge is 0.319 e. The molecule has 0 amide bonds. The molecule has 0 fully saturated rings. The van der Waals surface area contributed by atoms with Crippen LogP contribution < -0.4 is 5.32 Å². The Balaban J connectivity index is 3.18. The maximum atomic E-state index is 11.1. The maximum Gasteiger partial charge on any atom is 0.319 e. The summed E-state index contributed by atoms with van der Waals surface area (Å²) in [4.78, 5) is 13.1. The van der Waals surface area contributed by atoms with Gasteiger partial charge < -0.3 is 15.0 Å². The third-order valence-corrected chi connectivity index (χ3v) is 1.77. The summed E-state index contributed by atoms with van der Waals surface area (Å²) in [6, 6.07) is 0. The molecule has 14 heavy (non-hydrogen) atoms. The van der Waals surface area contributed by atoms with Crippen LogP contribution in [0.1, 0.15) is 19.8 Å². The van der Waals surface area contributed by atoms with Crippen molar-refractivity contribution in [3.63, 3.8) is 0 Å². The van der Waals surface area contributed by atoms with Gasteiger partial charge in [-0.15, -0.1) is 0 Å². The lowest BCUT2D eigenvalue weighted by Gasteiger charge is -2.09. The quantitative estimate of drug-likeness (QED) is 0.459. The molecule has 0 aromatic rings. The van der Waals surface area contributed by atoms with Crippen LogP contribution in [0.3, 0.4) is 0 Å². The topological polar surface area (TPSA) is 41.6 Å². The molecular weight excluding hydrogens is 180 g/mol. The van der Waals surface area contributed by atoms with E-state index in [4.69, 9.17) is 4.74 Å². The lowest BCUT2D eigenvalue weighted by Crippen LogP contribution is -2.31. The van der Waals surface area contributed by atoms with Gasteiger partial charge in [-0.25, -0.2) is 0 Å². The highest BCUT2D eigenvalue weighted by Gasteiger charge is 2.00. The second-order valence-electron chi connectivity index (χ2n) is 3.55. The van der Waals surface area contributed by atoms with E-state index in [0.29, 0.717) is 13.2 Å². The summed E-state index contributed by atoms with van der Waals surface area (Å²) in [5.41, 5.74) is 0. The van der Waals surface area contributed by atoms with Gasteiger partial charge in [-0.05, 0) is 20.5 Å². The zero-order valence-electron chi connectivity index (χ0n) is 9.51. The van der Waals surface area contributed by atoms with Crippen molar-refractivity contribution >= 4 is 5.97 Å².